The molecule has 2 aromatic rings. The van der Waals surface area contributed by atoms with Crippen molar-refractivity contribution >= 4 is 11.8 Å². The molecule has 162 valence electrons. The lowest BCUT2D eigenvalue weighted by Gasteiger charge is -2.29. The monoisotopic (exact) mass is 410 g/mol. The van der Waals surface area contributed by atoms with E-state index in [0.717, 1.165) is 17.5 Å². The minimum Gasteiger partial charge on any atom is -0.394 e. The average Bonchev–Trinajstić information content (AvgIpc) is 2.76. The smallest absolute Gasteiger partial charge is 0.243 e. The Morgan fingerprint density at radius 1 is 0.833 bits per heavy atom. The van der Waals surface area contributed by atoms with Crippen LogP contribution in [-0.4, -0.2) is 35.6 Å². The topological polar surface area (TPSA) is 78.4 Å². The maximum Gasteiger partial charge on any atom is 0.243 e. The lowest BCUT2D eigenvalue weighted by molar-refractivity contribution is -0.131. The van der Waals surface area contributed by atoms with Gasteiger partial charge in [0.1, 0.15) is 6.04 Å². The van der Waals surface area contributed by atoms with Gasteiger partial charge in [-0.05, 0) is 23.0 Å². The molecule has 5 nitrogen and oxygen atoms in total. The Kier molecular flexibility index (Phi) is 9.06. The van der Waals surface area contributed by atoms with Crippen LogP contribution in [0.5, 0.6) is 0 Å². The quantitative estimate of drug-likeness (QED) is 0.561. The second-order valence-corrected chi connectivity index (χ2v) is 8.17. The first-order valence-electron chi connectivity index (χ1n) is 10.7. The molecular weight excluding hydrogens is 376 g/mol. The van der Waals surface area contributed by atoms with Gasteiger partial charge in [-0.25, -0.2) is 0 Å². The van der Waals surface area contributed by atoms with Crippen LogP contribution in [0.4, 0.5) is 0 Å². The normalized spacial score (nSPS) is 14.2. The SMILES string of the molecule is CCC(C)[C@@H](CO)NC(=O)[C@@H](NC(=O)C(c1ccccc1)c1ccccc1)C(C)C. The molecule has 1 unspecified atom stereocenters. The second kappa shape index (κ2) is 11.5. The number of aliphatic hydroxyl groups is 1. The van der Waals surface area contributed by atoms with Gasteiger partial charge < -0.3 is 15.7 Å². The van der Waals surface area contributed by atoms with E-state index in [1.54, 1.807) is 0 Å². The zero-order valence-electron chi connectivity index (χ0n) is 18.3. The number of hydrogen-bond donors (Lipinski definition) is 3. The third kappa shape index (κ3) is 6.17. The minimum absolute atomic E-state index is 0.0996. The molecule has 3 N–H and O–H groups in total. The van der Waals surface area contributed by atoms with Crippen LogP contribution >= 0.6 is 0 Å². The van der Waals surface area contributed by atoms with E-state index in [1.807, 2.05) is 88.4 Å². The van der Waals surface area contributed by atoms with Gasteiger partial charge in [-0.3, -0.25) is 9.59 Å². The largest absolute Gasteiger partial charge is 0.394 e. The third-order valence-corrected chi connectivity index (χ3v) is 5.63. The number of hydrogen-bond acceptors (Lipinski definition) is 3. The summed E-state index contributed by atoms with van der Waals surface area (Å²) < 4.78 is 0. The first-order chi connectivity index (χ1) is 14.4. The van der Waals surface area contributed by atoms with Crippen LogP contribution in [0, 0.1) is 11.8 Å². The molecule has 30 heavy (non-hydrogen) atoms. The molecule has 2 rings (SSSR count). The van der Waals surface area contributed by atoms with E-state index in [4.69, 9.17) is 0 Å². The molecule has 0 bridgehead atoms. The van der Waals surface area contributed by atoms with Crippen LogP contribution in [0.3, 0.4) is 0 Å². The van der Waals surface area contributed by atoms with E-state index in [1.165, 1.54) is 0 Å². The number of carbonyl (C=O) groups excluding carboxylic acids is 2. The fourth-order valence-electron chi connectivity index (χ4n) is 3.48. The zero-order valence-corrected chi connectivity index (χ0v) is 18.3. The Hall–Kier alpha value is -2.66. The van der Waals surface area contributed by atoms with Crippen molar-refractivity contribution in [1.29, 1.82) is 0 Å². The van der Waals surface area contributed by atoms with E-state index in [0.29, 0.717) is 0 Å². The zero-order chi connectivity index (χ0) is 22.1. The highest BCUT2D eigenvalue weighted by molar-refractivity contribution is 5.92. The summed E-state index contributed by atoms with van der Waals surface area (Å²) in [6.07, 6.45) is 0.842. The van der Waals surface area contributed by atoms with Gasteiger partial charge in [-0.15, -0.1) is 0 Å². The first-order valence-corrected chi connectivity index (χ1v) is 10.7. The molecule has 2 aromatic carbocycles. The van der Waals surface area contributed by atoms with Crippen LogP contribution in [0.2, 0.25) is 0 Å². The summed E-state index contributed by atoms with van der Waals surface area (Å²) in [7, 11) is 0. The fraction of sp³-hybridized carbons (Fsp3) is 0.440. The molecule has 0 aromatic heterocycles. The summed E-state index contributed by atoms with van der Waals surface area (Å²) in [5.74, 6) is -0.950. The standard InChI is InChI=1S/C25H34N2O3/c1-5-18(4)21(16-28)26-25(30)23(17(2)3)27-24(29)22(19-12-8-6-9-13-19)20-14-10-7-11-15-20/h6-15,17-18,21-23,28H,5,16H2,1-4H3,(H,26,30)(H,27,29)/t18?,21-,23+/m1/s1. The van der Waals surface area contributed by atoms with E-state index in [2.05, 4.69) is 10.6 Å². The van der Waals surface area contributed by atoms with Crippen LogP contribution in [-0.2, 0) is 9.59 Å². The Labute approximate surface area is 179 Å². The molecule has 0 saturated carbocycles. The molecule has 0 heterocycles. The molecule has 0 saturated heterocycles. The Bertz CT molecular complexity index is 753. The number of rotatable bonds is 10. The predicted molar refractivity (Wildman–Crippen MR) is 120 cm³/mol. The highest BCUT2D eigenvalue weighted by Crippen LogP contribution is 2.25. The van der Waals surface area contributed by atoms with Crippen LogP contribution in [0.1, 0.15) is 51.2 Å². The number of carbonyl (C=O) groups is 2. The molecule has 0 fully saturated rings. The van der Waals surface area contributed by atoms with Crippen LogP contribution in [0.25, 0.3) is 0 Å². The third-order valence-electron chi connectivity index (χ3n) is 5.63. The van der Waals surface area contributed by atoms with Crippen molar-refractivity contribution in [3.05, 3.63) is 71.8 Å². The Morgan fingerprint density at radius 2 is 1.33 bits per heavy atom. The first kappa shape index (κ1) is 23.6. The second-order valence-electron chi connectivity index (χ2n) is 8.17. The van der Waals surface area contributed by atoms with Crippen molar-refractivity contribution in [2.24, 2.45) is 11.8 Å². The van der Waals surface area contributed by atoms with E-state index >= 15 is 0 Å². The highest BCUT2D eigenvalue weighted by Gasteiger charge is 2.31. The maximum atomic E-state index is 13.4. The number of aliphatic hydroxyl groups excluding tert-OH is 1. The van der Waals surface area contributed by atoms with Crippen molar-refractivity contribution < 1.29 is 14.7 Å². The Balaban J connectivity index is 2.25. The molecule has 0 aliphatic rings. The van der Waals surface area contributed by atoms with Gasteiger partial charge in [0.05, 0.1) is 18.6 Å². The van der Waals surface area contributed by atoms with Crippen molar-refractivity contribution in [3.63, 3.8) is 0 Å². The van der Waals surface area contributed by atoms with Gasteiger partial charge in [-0.2, -0.15) is 0 Å². The minimum atomic E-state index is -0.689. The van der Waals surface area contributed by atoms with Gasteiger partial charge >= 0.3 is 0 Å². The molecule has 0 spiro atoms. The summed E-state index contributed by atoms with van der Waals surface area (Å²) in [4.78, 5) is 26.3. The van der Waals surface area contributed by atoms with Crippen molar-refractivity contribution in [3.8, 4) is 0 Å². The molecule has 0 aliphatic heterocycles. The summed E-state index contributed by atoms with van der Waals surface area (Å²) >= 11 is 0. The van der Waals surface area contributed by atoms with Gasteiger partial charge in [0.15, 0.2) is 0 Å². The lowest BCUT2D eigenvalue weighted by Crippen LogP contribution is -2.54. The number of amides is 2. The average molecular weight is 411 g/mol. The van der Waals surface area contributed by atoms with Crippen molar-refractivity contribution in [2.45, 2.75) is 52.1 Å². The van der Waals surface area contributed by atoms with Crippen molar-refractivity contribution in [2.75, 3.05) is 6.61 Å². The van der Waals surface area contributed by atoms with Gasteiger partial charge in [0.25, 0.3) is 0 Å². The summed E-state index contributed by atoms with van der Waals surface area (Å²) in [5.41, 5.74) is 1.74. The molecular formula is C25H34N2O3. The summed E-state index contributed by atoms with van der Waals surface area (Å²) in [6.45, 7) is 7.69. The molecule has 0 aliphatic carbocycles. The van der Waals surface area contributed by atoms with E-state index in [9.17, 15) is 14.7 Å². The molecule has 2 amide bonds. The van der Waals surface area contributed by atoms with Gasteiger partial charge in [0.2, 0.25) is 11.8 Å². The summed E-state index contributed by atoms with van der Waals surface area (Å²) in [6, 6.07) is 18.1. The lowest BCUT2D eigenvalue weighted by atomic mass is 9.89. The molecule has 0 radical (unpaired) electrons. The molecule has 5 heteroatoms. The Morgan fingerprint density at radius 3 is 1.73 bits per heavy atom. The van der Waals surface area contributed by atoms with Crippen LogP contribution < -0.4 is 10.6 Å². The van der Waals surface area contributed by atoms with Crippen LogP contribution in [0.15, 0.2) is 60.7 Å². The van der Waals surface area contributed by atoms with E-state index < -0.39 is 12.0 Å². The maximum absolute atomic E-state index is 13.4. The van der Waals surface area contributed by atoms with Crippen molar-refractivity contribution in [1.82, 2.24) is 10.6 Å². The molecule has 3 atom stereocenters. The fourth-order valence-corrected chi connectivity index (χ4v) is 3.48. The summed E-state index contributed by atoms with van der Waals surface area (Å²) in [5, 5.41) is 15.5. The number of benzene rings is 2. The van der Waals surface area contributed by atoms with Gasteiger partial charge in [0, 0.05) is 0 Å². The van der Waals surface area contributed by atoms with Gasteiger partial charge in [-0.1, -0.05) is 94.8 Å². The predicted octanol–water partition coefficient (Wildman–Crippen LogP) is 3.48. The van der Waals surface area contributed by atoms with E-state index in [-0.39, 0.29) is 36.3 Å². The number of nitrogens with one attached hydrogen (secondary N) is 2. The highest BCUT2D eigenvalue weighted by atomic mass is 16.3.